The van der Waals surface area contributed by atoms with Crippen molar-refractivity contribution in [2.24, 2.45) is 0 Å². The highest BCUT2D eigenvalue weighted by molar-refractivity contribution is 7.09. The molecule has 3 heterocycles. The summed E-state index contributed by atoms with van der Waals surface area (Å²) in [5, 5.41) is 5.23. The quantitative estimate of drug-likeness (QED) is 0.860. The first-order chi connectivity index (χ1) is 12.3. The van der Waals surface area contributed by atoms with Crippen molar-refractivity contribution in [3.63, 3.8) is 0 Å². The van der Waals surface area contributed by atoms with Crippen molar-refractivity contribution in [3.8, 4) is 11.5 Å². The second kappa shape index (κ2) is 8.73. The summed E-state index contributed by atoms with van der Waals surface area (Å²) in [7, 11) is 0. The second-order valence-electron chi connectivity index (χ2n) is 5.90. The van der Waals surface area contributed by atoms with Crippen LogP contribution in [0.3, 0.4) is 0 Å². The first-order valence-corrected chi connectivity index (χ1v) is 9.25. The lowest BCUT2D eigenvalue weighted by atomic mass is 10.2. The number of hydrogen-bond acceptors (Lipinski definition) is 6. The smallest absolute Gasteiger partial charge is 0.257 e. The molecule has 1 aromatic carbocycles. The number of nitrogens with zero attached hydrogens (tertiary/aromatic N) is 1. The molecular weight excluding hydrogens is 376 g/mol. The van der Waals surface area contributed by atoms with Gasteiger partial charge in [-0.1, -0.05) is 6.07 Å². The summed E-state index contributed by atoms with van der Waals surface area (Å²) in [4.78, 5) is 16.0. The molecule has 0 saturated carbocycles. The number of halogens is 1. The van der Waals surface area contributed by atoms with Gasteiger partial charge in [0.15, 0.2) is 11.5 Å². The monoisotopic (exact) mass is 396 g/mol. The molecule has 6 nitrogen and oxygen atoms in total. The van der Waals surface area contributed by atoms with Crippen LogP contribution >= 0.6 is 23.7 Å². The average Bonchev–Trinajstić information content (AvgIpc) is 3.19. The number of carbonyl (C=O) groups excluding carboxylic acids is 1. The first kappa shape index (κ1) is 19.0. The first-order valence-electron chi connectivity index (χ1n) is 8.37. The summed E-state index contributed by atoms with van der Waals surface area (Å²) in [6.45, 7) is 3.43. The van der Waals surface area contributed by atoms with Crippen molar-refractivity contribution in [3.05, 3.63) is 40.6 Å². The van der Waals surface area contributed by atoms with Crippen LogP contribution in [-0.4, -0.2) is 44.9 Å². The van der Waals surface area contributed by atoms with Gasteiger partial charge in [0.2, 0.25) is 0 Å². The summed E-state index contributed by atoms with van der Waals surface area (Å²) in [5.74, 6) is 1.35. The van der Waals surface area contributed by atoms with Gasteiger partial charge in [-0.3, -0.25) is 4.79 Å². The largest absolute Gasteiger partial charge is 0.486 e. The summed E-state index contributed by atoms with van der Waals surface area (Å²) in [6.07, 6.45) is -0.470. The minimum atomic E-state index is -0.470. The summed E-state index contributed by atoms with van der Waals surface area (Å²) < 4.78 is 16.9. The molecule has 2 aliphatic rings. The summed E-state index contributed by atoms with van der Waals surface area (Å²) in [6, 6.07) is 9.65. The fourth-order valence-corrected chi connectivity index (χ4v) is 3.65. The van der Waals surface area contributed by atoms with Crippen LogP contribution in [-0.2, 0) is 16.1 Å². The van der Waals surface area contributed by atoms with E-state index in [0.29, 0.717) is 44.4 Å². The zero-order chi connectivity index (χ0) is 17.1. The van der Waals surface area contributed by atoms with E-state index in [1.165, 1.54) is 0 Å². The SMILES string of the molecule is Cl.O=C([C@H]1CNCCO1)N(Cc1cccs1)c1ccc2c(c1)OCCO2. The van der Waals surface area contributed by atoms with E-state index in [4.69, 9.17) is 14.2 Å². The van der Waals surface area contributed by atoms with Crippen LogP contribution in [0.25, 0.3) is 0 Å². The Bertz CT molecular complexity index is 735. The van der Waals surface area contributed by atoms with E-state index in [1.807, 2.05) is 35.7 Å². The zero-order valence-corrected chi connectivity index (χ0v) is 15.8. The van der Waals surface area contributed by atoms with Crippen LogP contribution in [0.5, 0.6) is 11.5 Å². The molecule has 2 aromatic rings. The molecule has 1 N–H and O–H groups in total. The lowest BCUT2D eigenvalue weighted by Crippen LogP contribution is -2.49. The maximum Gasteiger partial charge on any atom is 0.257 e. The van der Waals surface area contributed by atoms with Gasteiger partial charge >= 0.3 is 0 Å². The molecule has 0 unspecified atom stereocenters. The van der Waals surface area contributed by atoms with Gasteiger partial charge in [0.25, 0.3) is 5.91 Å². The van der Waals surface area contributed by atoms with Crippen molar-refractivity contribution in [2.45, 2.75) is 12.6 Å². The van der Waals surface area contributed by atoms with Gasteiger partial charge in [0.05, 0.1) is 13.2 Å². The molecule has 8 heteroatoms. The van der Waals surface area contributed by atoms with Gasteiger partial charge in [-0.25, -0.2) is 0 Å². The highest BCUT2D eigenvalue weighted by Crippen LogP contribution is 2.35. The fourth-order valence-electron chi connectivity index (χ4n) is 2.95. The normalized spacial score (nSPS) is 18.7. The van der Waals surface area contributed by atoms with Crippen molar-refractivity contribution in [1.82, 2.24) is 5.32 Å². The maximum atomic E-state index is 13.1. The number of rotatable bonds is 4. The Hall–Kier alpha value is -1.80. The van der Waals surface area contributed by atoms with Gasteiger partial charge in [0.1, 0.15) is 19.3 Å². The van der Waals surface area contributed by atoms with Crippen LogP contribution in [0, 0.1) is 0 Å². The number of carbonyl (C=O) groups is 1. The topological polar surface area (TPSA) is 60.0 Å². The van der Waals surface area contributed by atoms with Crippen LogP contribution in [0.15, 0.2) is 35.7 Å². The van der Waals surface area contributed by atoms with Crippen molar-refractivity contribution < 1.29 is 19.0 Å². The third-order valence-corrected chi connectivity index (χ3v) is 5.06. The molecule has 26 heavy (non-hydrogen) atoms. The van der Waals surface area contributed by atoms with Crippen molar-refractivity contribution >= 4 is 35.3 Å². The predicted octanol–water partition coefficient (Wildman–Crippen LogP) is 2.46. The fraction of sp³-hybridized carbons (Fsp3) is 0.389. The van der Waals surface area contributed by atoms with Crippen LogP contribution in [0.1, 0.15) is 4.88 Å². The van der Waals surface area contributed by atoms with Gasteiger partial charge in [0, 0.05) is 29.7 Å². The van der Waals surface area contributed by atoms with E-state index >= 15 is 0 Å². The Morgan fingerprint density at radius 1 is 1.19 bits per heavy atom. The van der Waals surface area contributed by atoms with Crippen LogP contribution in [0.4, 0.5) is 5.69 Å². The molecule has 0 radical (unpaired) electrons. The standard InChI is InChI=1S/C18H20N2O4S.ClH/c21-18(17-11-19-5-6-22-17)20(12-14-2-1-9-25-14)13-3-4-15-16(10-13)24-8-7-23-15;/h1-4,9-10,17,19H,5-8,11-12H2;1H/t17-;/m1./s1. The number of ether oxygens (including phenoxy) is 3. The molecule has 2 aliphatic heterocycles. The molecule has 140 valence electrons. The lowest BCUT2D eigenvalue weighted by molar-refractivity contribution is -0.131. The molecule has 1 atom stereocenters. The molecule has 1 saturated heterocycles. The Morgan fingerprint density at radius 3 is 2.77 bits per heavy atom. The number of hydrogen-bond donors (Lipinski definition) is 1. The molecule has 4 rings (SSSR count). The van der Waals surface area contributed by atoms with Crippen molar-refractivity contribution in [2.75, 3.05) is 37.8 Å². The van der Waals surface area contributed by atoms with E-state index in [1.54, 1.807) is 16.2 Å². The van der Waals surface area contributed by atoms with Crippen LogP contribution < -0.4 is 19.7 Å². The minimum absolute atomic E-state index is 0. The van der Waals surface area contributed by atoms with Crippen molar-refractivity contribution in [1.29, 1.82) is 0 Å². The van der Waals surface area contributed by atoms with E-state index in [2.05, 4.69) is 5.32 Å². The Labute approximate surface area is 162 Å². The van der Waals surface area contributed by atoms with Gasteiger partial charge in [-0.05, 0) is 23.6 Å². The average molecular weight is 397 g/mol. The number of benzene rings is 1. The lowest BCUT2D eigenvalue weighted by Gasteiger charge is -2.30. The predicted molar refractivity (Wildman–Crippen MR) is 103 cm³/mol. The molecule has 1 aromatic heterocycles. The molecule has 0 bridgehead atoms. The molecular formula is C18H21ClN2O4S. The van der Waals surface area contributed by atoms with E-state index in [9.17, 15) is 4.79 Å². The maximum absolute atomic E-state index is 13.1. The molecule has 0 spiro atoms. The Balaban J connectivity index is 0.00000196. The number of morpholine rings is 1. The molecule has 1 amide bonds. The third-order valence-electron chi connectivity index (χ3n) is 4.20. The number of amides is 1. The molecule has 0 aliphatic carbocycles. The second-order valence-corrected chi connectivity index (χ2v) is 6.93. The van der Waals surface area contributed by atoms with E-state index in [0.717, 1.165) is 17.1 Å². The Morgan fingerprint density at radius 2 is 2.04 bits per heavy atom. The number of anilines is 1. The van der Waals surface area contributed by atoms with Gasteiger partial charge < -0.3 is 24.4 Å². The zero-order valence-electron chi connectivity index (χ0n) is 14.2. The van der Waals surface area contributed by atoms with E-state index < -0.39 is 6.10 Å². The number of nitrogens with one attached hydrogen (secondary N) is 1. The molecule has 1 fully saturated rings. The summed E-state index contributed by atoms with van der Waals surface area (Å²) >= 11 is 1.63. The highest BCUT2D eigenvalue weighted by atomic mass is 35.5. The van der Waals surface area contributed by atoms with E-state index in [-0.39, 0.29) is 18.3 Å². The number of fused-ring (bicyclic) bond motifs is 1. The van der Waals surface area contributed by atoms with Crippen LogP contribution in [0.2, 0.25) is 0 Å². The van der Waals surface area contributed by atoms with Gasteiger partial charge in [-0.2, -0.15) is 0 Å². The number of thiophene rings is 1. The minimum Gasteiger partial charge on any atom is -0.486 e. The highest BCUT2D eigenvalue weighted by Gasteiger charge is 2.29. The van der Waals surface area contributed by atoms with Gasteiger partial charge in [-0.15, -0.1) is 23.7 Å². The Kier molecular flexibility index (Phi) is 6.37. The summed E-state index contributed by atoms with van der Waals surface area (Å²) in [5.41, 5.74) is 0.789. The third kappa shape index (κ3) is 4.12.